The van der Waals surface area contributed by atoms with Crippen molar-refractivity contribution in [1.82, 2.24) is 15.1 Å². The Kier molecular flexibility index (Phi) is 5.21. The van der Waals surface area contributed by atoms with Gasteiger partial charge in [0.1, 0.15) is 5.15 Å². The number of aromatic nitrogens is 2. The quantitative estimate of drug-likeness (QED) is 0.904. The van der Waals surface area contributed by atoms with Gasteiger partial charge in [-0.05, 0) is 37.5 Å². The van der Waals surface area contributed by atoms with Crippen molar-refractivity contribution in [2.75, 3.05) is 11.4 Å². The Morgan fingerprint density at radius 1 is 1.21 bits per heavy atom. The number of amides is 1. The summed E-state index contributed by atoms with van der Waals surface area (Å²) in [4.78, 5) is 13.9. The molecule has 5 nitrogen and oxygen atoms in total. The summed E-state index contributed by atoms with van der Waals surface area (Å²) in [5.74, 6) is 0.230. The maximum absolute atomic E-state index is 12.0. The topological polar surface area (TPSA) is 50.2 Å². The average molecular weight is 347 g/mol. The van der Waals surface area contributed by atoms with Gasteiger partial charge < -0.3 is 10.2 Å². The molecule has 0 aliphatic carbocycles. The molecule has 1 fully saturated rings. The number of nitrogens with one attached hydrogen (secondary N) is 1. The molecule has 0 saturated carbocycles. The molecule has 1 N–H and O–H groups in total. The van der Waals surface area contributed by atoms with E-state index < -0.39 is 0 Å². The van der Waals surface area contributed by atoms with E-state index in [1.807, 2.05) is 31.0 Å². The van der Waals surface area contributed by atoms with Crippen LogP contribution in [0.5, 0.6) is 0 Å². The van der Waals surface area contributed by atoms with Crippen molar-refractivity contribution in [3.8, 4) is 0 Å². The molecule has 0 unspecified atom stereocenters. The standard InChI is InChI=1S/C18H23ClN4O/c1-13-16(18(19)22(2)21-13)12-20-11-14-6-8-15(9-7-14)23-10-4-3-5-17(23)24/h6-9,20H,3-5,10-12H2,1-2H3. The van der Waals surface area contributed by atoms with Crippen LogP contribution in [0.25, 0.3) is 0 Å². The number of halogens is 1. The summed E-state index contributed by atoms with van der Waals surface area (Å²) in [6, 6.07) is 8.20. The van der Waals surface area contributed by atoms with Crippen molar-refractivity contribution >= 4 is 23.2 Å². The molecule has 6 heteroatoms. The third-order valence-electron chi connectivity index (χ3n) is 4.47. The first-order valence-corrected chi connectivity index (χ1v) is 8.72. The van der Waals surface area contributed by atoms with E-state index in [-0.39, 0.29) is 5.91 Å². The lowest BCUT2D eigenvalue weighted by Gasteiger charge is -2.26. The van der Waals surface area contributed by atoms with Gasteiger partial charge in [0.2, 0.25) is 5.91 Å². The summed E-state index contributed by atoms with van der Waals surface area (Å²) in [7, 11) is 1.85. The van der Waals surface area contributed by atoms with Crippen molar-refractivity contribution in [3.05, 3.63) is 46.2 Å². The molecular weight excluding hydrogens is 324 g/mol. The maximum Gasteiger partial charge on any atom is 0.226 e. The second kappa shape index (κ2) is 7.36. The summed E-state index contributed by atoms with van der Waals surface area (Å²) in [6.07, 6.45) is 2.75. The van der Waals surface area contributed by atoms with E-state index in [0.717, 1.165) is 42.9 Å². The van der Waals surface area contributed by atoms with Gasteiger partial charge in [-0.1, -0.05) is 23.7 Å². The first-order valence-electron chi connectivity index (χ1n) is 8.34. The van der Waals surface area contributed by atoms with Gasteiger partial charge in [-0.2, -0.15) is 5.10 Å². The van der Waals surface area contributed by atoms with Gasteiger partial charge in [0, 0.05) is 44.4 Å². The van der Waals surface area contributed by atoms with Gasteiger partial charge >= 0.3 is 0 Å². The minimum Gasteiger partial charge on any atom is -0.312 e. The Bertz CT molecular complexity index is 723. The fraction of sp³-hybridized carbons (Fsp3) is 0.444. The van der Waals surface area contributed by atoms with Crippen LogP contribution < -0.4 is 10.2 Å². The van der Waals surface area contributed by atoms with Crippen LogP contribution in [0.4, 0.5) is 5.69 Å². The highest BCUT2D eigenvalue weighted by molar-refractivity contribution is 6.30. The Morgan fingerprint density at radius 3 is 2.58 bits per heavy atom. The molecule has 2 heterocycles. The molecule has 1 aromatic heterocycles. The van der Waals surface area contributed by atoms with Crippen molar-refractivity contribution in [1.29, 1.82) is 0 Å². The predicted molar refractivity (Wildman–Crippen MR) is 96.1 cm³/mol. The summed E-state index contributed by atoms with van der Waals surface area (Å²) >= 11 is 6.24. The average Bonchev–Trinajstić information content (AvgIpc) is 2.82. The molecule has 0 radical (unpaired) electrons. The van der Waals surface area contributed by atoms with Gasteiger partial charge in [-0.15, -0.1) is 0 Å². The summed E-state index contributed by atoms with van der Waals surface area (Å²) in [5.41, 5.74) is 4.17. The number of carbonyl (C=O) groups is 1. The first kappa shape index (κ1) is 17.0. The third kappa shape index (κ3) is 3.62. The van der Waals surface area contributed by atoms with E-state index in [1.54, 1.807) is 4.68 Å². The number of carbonyl (C=O) groups excluding carboxylic acids is 1. The molecule has 0 atom stereocenters. The minimum absolute atomic E-state index is 0.230. The Hall–Kier alpha value is -1.85. The Morgan fingerprint density at radius 2 is 1.96 bits per heavy atom. The third-order valence-corrected chi connectivity index (χ3v) is 4.94. The molecule has 2 aromatic rings. The molecule has 0 spiro atoms. The highest BCUT2D eigenvalue weighted by Crippen LogP contribution is 2.22. The van der Waals surface area contributed by atoms with E-state index in [2.05, 4.69) is 22.5 Å². The van der Waals surface area contributed by atoms with Crippen molar-refractivity contribution < 1.29 is 4.79 Å². The van der Waals surface area contributed by atoms with Crippen LogP contribution in [0, 0.1) is 6.92 Å². The zero-order valence-corrected chi connectivity index (χ0v) is 14.9. The summed E-state index contributed by atoms with van der Waals surface area (Å²) in [5, 5.41) is 8.40. The van der Waals surface area contributed by atoms with Crippen LogP contribution in [0.15, 0.2) is 24.3 Å². The van der Waals surface area contributed by atoms with Gasteiger partial charge in [-0.3, -0.25) is 9.48 Å². The number of aryl methyl sites for hydroxylation is 2. The largest absolute Gasteiger partial charge is 0.312 e. The molecule has 0 bridgehead atoms. The smallest absolute Gasteiger partial charge is 0.226 e. The number of nitrogens with zero attached hydrogens (tertiary/aromatic N) is 3. The molecular formula is C18H23ClN4O. The number of hydrogen-bond acceptors (Lipinski definition) is 3. The SMILES string of the molecule is Cc1nn(C)c(Cl)c1CNCc1ccc(N2CCCCC2=O)cc1. The predicted octanol–water partition coefficient (Wildman–Crippen LogP) is 3.19. The van der Waals surface area contributed by atoms with Crippen LogP contribution in [-0.4, -0.2) is 22.2 Å². The number of benzene rings is 1. The molecule has 1 saturated heterocycles. The van der Waals surface area contributed by atoms with Crippen LogP contribution >= 0.6 is 11.6 Å². The van der Waals surface area contributed by atoms with Crippen LogP contribution in [0.3, 0.4) is 0 Å². The lowest BCUT2D eigenvalue weighted by Crippen LogP contribution is -2.35. The normalized spacial score (nSPS) is 15.1. The van der Waals surface area contributed by atoms with Gasteiger partial charge in [0.05, 0.1) is 5.69 Å². The zero-order chi connectivity index (χ0) is 17.1. The highest BCUT2D eigenvalue weighted by atomic mass is 35.5. The Labute approximate surface area is 147 Å². The number of rotatable bonds is 5. The van der Waals surface area contributed by atoms with Crippen molar-refractivity contribution in [2.45, 2.75) is 39.3 Å². The highest BCUT2D eigenvalue weighted by Gasteiger charge is 2.19. The number of piperidine rings is 1. The van der Waals surface area contributed by atoms with Gasteiger partial charge in [0.15, 0.2) is 0 Å². The molecule has 1 aromatic carbocycles. The van der Waals surface area contributed by atoms with Crippen LogP contribution in [0.2, 0.25) is 5.15 Å². The number of hydrogen-bond donors (Lipinski definition) is 1. The van der Waals surface area contributed by atoms with Gasteiger partial charge in [-0.25, -0.2) is 0 Å². The van der Waals surface area contributed by atoms with Crippen LogP contribution in [-0.2, 0) is 24.9 Å². The van der Waals surface area contributed by atoms with Crippen molar-refractivity contribution in [3.63, 3.8) is 0 Å². The van der Waals surface area contributed by atoms with Crippen molar-refractivity contribution in [2.24, 2.45) is 7.05 Å². The molecule has 1 aliphatic heterocycles. The van der Waals surface area contributed by atoms with Crippen LogP contribution in [0.1, 0.15) is 36.1 Å². The van der Waals surface area contributed by atoms with E-state index >= 15 is 0 Å². The fourth-order valence-corrected chi connectivity index (χ4v) is 3.32. The zero-order valence-electron chi connectivity index (χ0n) is 14.2. The molecule has 128 valence electrons. The lowest BCUT2D eigenvalue weighted by atomic mass is 10.1. The van der Waals surface area contributed by atoms with E-state index in [1.165, 1.54) is 5.56 Å². The molecule has 1 aliphatic rings. The van der Waals surface area contributed by atoms with E-state index in [9.17, 15) is 4.79 Å². The Balaban J connectivity index is 1.57. The molecule has 3 rings (SSSR count). The lowest BCUT2D eigenvalue weighted by molar-refractivity contribution is -0.119. The summed E-state index contributed by atoms with van der Waals surface area (Å²) < 4.78 is 1.69. The van der Waals surface area contributed by atoms with E-state index in [4.69, 9.17) is 11.6 Å². The second-order valence-corrected chi connectivity index (χ2v) is 6.61. The fourth-order valence-electron chi connectivity index (χ4n) is 3.08. The minimum atomic E-state index is 0.230. The number of anilines is 1. The summed E-state index contributed by atoms with van der Waals surface area (Å²) in [6.45, 7) is 4.23. The van der Waals surface area contributed by atoms with E-state index in [0.29, 0.717) is 18.1 Å². The molecule has 24 heavy (non-hydrogen) atoms. The first-order chi connectivity index (χ1) is 11.6. The van der Waals surface area contributed by atoms with Gasteiger partial charge in [0.25, 0.3) is 0 Å². The molecule has 1 amide bonds. The maximum atomic E-state index is 12.0. The second-order valence-electron chi connectivity index (χ2n) is 6.25. The monoisotopic (exact) mass is 346 g/mol.